The number of aromatic nitrogens is 2. The molecule has 0 spiro atoms. The summed E-state index contributed by atoms with van der Waals surface area (Å²) in [7, 11) is 0. The van der Waals surface area contributed by atoms with Crippen LogP contribution in [0.1, 0.15) is 11.1 Å². The summed E-state index contributed by atoms with van der Waals surface area (Å²) in [6.07, 6.45) is 0. The van der Waals surface area contributed by atoms with Gasteiger partial charge in [0.25, 0.3) is 0 Å². The number of anilines is 3. The van der Waals surface area contributed by atoms with E-state index in [1.807, 2.05) is 44.2 Å². The van der Waals surface area contributed by atoms with Crippen LogP contribution in [0.25, 0.3) is 0 Å². The molecule has 0 radical (unpaired) electrons. The molecule has 1 saturated heterocycles. The summed E-state index contributed by atoms with van der Waals surface area (Å²) in [5.41, 5.74) is 4.36. The summed E-state index contributed by atoms with van der Waals surface area (Å²) < 4.78 is 0. The zero-order valence-corrected chi connectivity index (χ0v) is 18.7. The summed E-state index contributed by atoms with van der Waals surface area (Å²) >= 11 is 1.40. The summed E-state index contributed by atoms with van der Waals surface area (Å²) in [5, 5.41) is 12.4. The van der Waals surface area contributed by atoms with Crippen molar-refractivity contribution in [2.75, 3.05) is 47.0 Å². The van der Waals surface area contributed by atoms with Crippen molar-refractivity contribution >= 4 is 34.9 Å². The Kier molecular flexibility index (Phi) is 6.72. The maximum Gasteiger partial charge on any atom is 0.234 e. The molecule has 1 N–H and O–H groups in total. The zero-order chi connectivity index (χ0) is 21.6. The first kappa shape index (κ1) is 21.2. The number of nitrogens with zero attached hydrogens (tertiary/aromatic N) is 4. The lowest BCUT2D eigenvalue weighted by molar-refractivity contribution is -0.113. The van der Waals surface area contributed by atoms with Crippen LogP contribution in [0.3, 0.4) is 0 Å². The van der Waals surface area contributed by atoms with Crippen LogP contribution in [-0.4, -0.2) is 48.0 Å². The highest BCUT2D eigenvalue weighted by Crippen LogP contribution is 2.22. The molecule has 6 nitrogen and oxygen atoms in total. The van der Waals surface area contributed by atoms with Gasteiger partial charge in [-0.05, 0) is 49.7 Å². The fourth-order valence-corrected chi connectivity index (χ4v) is 4.28. The van der Waals surface area contributed by atoms with Crippen LogP contribution in [0.2, 0.25) is 0 Å². The number of carbonyl (C=O) groups excluding carboxylic acids is 1. The molecule has 160 valence electrons. The van der Waals surface area contributed by atoms with Crippen LogP contribution in [0.5, 0.6) is 0 Å². The van der Waals surface area contributed by atoms with Crippen LogP contribution in [0.4, 0.5) is 17.2 Å². The molecule has 0 saturated carbocycles. The van der Waals surface area contributed by atoms with E-state index in [-0.39, 0.29) is 5.91 Å². The lowest BCUT2D eigenvalue weighted by Gasteiger charge is -2.36. The highest BCUT2D eigenvalue weighted by Gasteiger charge is 2.18. The summed E-state index contributed by atoms with van der Waals surface area (Å²) in [5.74, 6) is 1.15. The first-order valence-electron chi connectivity index (χ1n) is 10.5. The van der Waals surface area contributed by atoms with Crippen molar-refractivity contribution in [2.45, 2.75) is 18.9 Å². The number of nitrogens with one attached hydrogen (secondary N) is 1. The third kappa shape index (κ3) is 5.55. The first-order chi connectivity index (χ1) is 15.1. The van der Waals surface area contributed by atoms with Crippen molar-refractivity contribution in [3.05, 3.63) is 71.8 Å². The second-order valence-corrected chi connectivity index (χ2v) is 8.69. The molecule has 2 heterocycles. The number of thioether (sulfide) groups is 1. The zero-order valence-electron chi connectivity index (χ0n) is 17.9. The topological polar surface area (TPSA) is 61.4 Å². The molecule has 2 aromatic carbocycles. The molecule has 1 aliphatic rings. The highest BCUT2D eigenvalue weighted by molar-refractivity contribution is 7.99. The molecule has 31 heavy (non-hydrogen) atoms. The van der Waals surface area contributed by atoms with Gasteiger partial charge in [-0.15, -0.1) is 10.2 Å². The van der Waals surface area contributed by atoms with Gasteiger partial charge in [-0.1, -0.05) is 47.7 Å². The minimum Gasteiger partial charge on any atom is -0.368 e. The van der Waals surface area contributed by atoms with Crippen LogP contribution in [-0.2, 0) is 4.79 Å². The maximum atomic E-state index is 12.3. The minimum atomic E-state index is -0.0418. The van der Waals surface area contributed by atoms with Gasteiger partial charge in [0.05, 0.1) is 5.75 Å². The van der Waals surface area contributed by atoms with Gasteiger partial charge in [0.15, 0.2) is 5.82 Å². The lowest BCUT2D eigenvalue weighted by atomic mass is 10.1. The van der Waals surface area contributed by atoms with Crippen molar-refractivity contribution in [3.8, 4) is 0 Å². The van der Waals surface area contributed by atoms with E-state index in [0.29, 0.717) is 5.75 Å². The summed E-state index contributed by atoms with van der Waals surface area (Å²) in [6, 6.07) is 20.4. The molecule has 0 unspecified atom stereocenters. The van der Waals surface area contributed by atoms with Crippen LogP contribution >= 0.6 is 11.8 Å². The Hall–Kier alpha value is -3.06. The third-order valence-corrected chi connectivity index (χ3v) is 6.28. The van der Waals surface area contributed by atoms with Gasteiger partial charge in [-0.2, -0.15) is 0 Å². The van der Waals surface area contributed by atoms with Crippen molar-refractivity contribution < 1.29 is 4.79 Å². The molecule has 1 amide bonds. The van der Waals surface area contributed by atoms with E-state index in [0.717, 1.165) is 48.3 Å². The maximum absolute atomic E-state index is 12.3. The van der Waals surface area contributed by atoms with Gasteiger partial charge >= 0.3 is 0 Å². The number of amides is 1. The van der Waals surface area contributed by atoms with E-state index in [2.05, 4.69) is 55.6 Å². The number of benzene rings is 2. The van der Waals surface area contributed by atoms with Crippen LogP contribution in [0.15, 0.2) is 65.7 Å². The second kappa shape index (κ2) is 9.83. The van der Waals surface area contributed by atoms with Gasteiger partial charge in [0, 0.05) is 37.6 Å². The highest BCUT2D eigenvalue weighted by atomic mass is 32.2. The number of rotatable bonds is 6. The van der Waals surface area contributed by atoms with Crippen LogP contribution in [0, 0.1) is 13.8 Å². The fraction of sp³-hybridized carbons (Fsp3) is 0.292. The van der Waals surface area contributed by atoms with Gasteiger partial charge in [-0.3, -0.25) is 4.79 Å². The monoisotopic (exact) mass is 433 g/mol. The third-order valence-electron chi connectivity index (χ3n) is 5.36. The Bertz CT molecular complexity index is 1020. The van der Waals surface area contributed by atoms with E-state index >= 15 is 0 Å². The smallest absolute Gasteiger partial charge is 0.234 e. The number of hydrogen-bond donors (Lipinski definition) is 1. The van der Waals surface area contributed by atoms with Crippen molar-refractivity contribution in [1.29, 1.82) is 0 Å². The average Bonchev–Trinajstić information content (AvgIpc) is 2.81. The Balaban J connectivity index is 1.26. The number of piperazine rings is 1. The van der Waals surface area contributed by atoms with E-state index in [9.17, 15) is 4.79 Å². The first-order valence-corrected chi connectivity index (χ1v) is 11.5. The van der Waals surface area contributed by atoms with E-state index in [1.54, 1.807) is 0 Å². The molecule has 0 atom stereocenters. The molecule has 0 aliphatic carbocycles. The largest absolute Gasteiger partial charge is 0.368 e. The minimum absolute atomic E-state index is 0.0418. The molecule has 1 aliphatic heterocycles. The molecule has 3 aromatic rings. The number of hydrogen-bond acceptors (Lipinski definition) is 6. The molecule has 4 rings (SSSR count). The van der Waals surface area contributed by atoms with Crippen LogP contribution < -0.4 is 15.1 Å². The van der Waals surface area contributed by atoms with Gasteiger partial charge in [0.1, 0.15) is 5.03 Å². The van der Waals surface area contributed by atoms with Gasteiger partial charge < -0.3 is 15.1 Å². The van der Waals surface area contributed by atoms with Crippen molar-refractivity contribution in [2.24, 2.45) is 0 Å². The van der Waals surface area contributed by atoms with Crippen molar-refractivity contribution in [1.82, 2.24) is 10.2 Å². The predicted octanol–water partition coefficient (Wildman–Crippen LogP) is 4.15. The Morgan fingerprint density at radius 3 is 2.35 bits per heavy atom. The number of carbonyl (C=O) groups is 1. The SMILES string of the molecule is Cc1ccc(NC(=O)CSc2ccc(N3CCN(c4ccccc4)CC3)nn2)c(C)c1. The van der Waals surface area contributed by atoms with E-state index < -0.39 is 0 Å². The standard InChI is InChI=1S/C24H27N5OS/c1-18-8-9-21(19(2)16-18)25-23(30)17-31-24-11-10-22(26-27-24)29-14-12-28(13-15-29)20-6-4-3-5-7-20/h3-11,16H,12-15,17H2,1-2H3,(H,25,30). The Labute approximate surface area is 187 Å². The van der Waals surface area contributed by atoms with Gasteiger partial charge in [0.2, 0.25) is 5.91 Å². The Morgan fingerprint density at radius 2 is 1.68 bits per heavy atom. The number of aryl methyl sites for hydroxylation is 2. The lowest BCUT2D eigenvalue weighted by Crippen LogP contribution is -2.46. The number of para-hydroxylation sites is 1. The summed E-state index contributed by atoms with van der Waals surface area (Å²) in [6.45, 7) is 7.78. The van der Waals surface area contributed by atoms with Gasteiger partial charge in [-0.25, -0.2) is 0 Å². The van der Waals surface area contributed by atoms with E-state index in [4.69, 9.17) is 0 Å². The second-order valence-electron chi connectivity index (χ2n) is 7.69. The predicted molar refractivity (Wildman–Crippen MR) is 128 cm³/mol. The Morgan fingerprint density at radius 1 is 0.935 bits per heavy atom. The molecule has 1 aromatic heterocycles. The normalized spacial score (nSPS) is 13.9. The molecule has 0 bridgehead atoms. The van der Waals surface area contributed by atoms with E-state index in [1.165, 1.54) is 23.0 Å². The average molecular weight is 434 g/mol. The molecule has 7 heteroatoms. The molecule has 1 fully saturated rings. The molecular weight excluding hydrogens is 406 g/mol. The quantitative estimate of drug-likeness (QED) is 0.589. The fourth-order valence-electron chi connectivity index (χ4n) is 3.67. The molecular formula is C24H27N5OS. The van der Waals surface area contributed by atoms with Crippen molar-refractivity contribution in [3.63, 3.8) is 0 Å². The summed E-state index contributed by atoms with van der Waals surface area (Å²) in [4.78, 5) is 16.9.